The van der Waals surface area contributed by atoms with Crippen molar-refractivity contribution in [2.45, 2.75) is 58.2 Å². The molecule has 0 spiro atoms. The first-order chi connectivity index (χ1) is 6.27. The van der Waals surface area contributed by atoms with E-state index in [9.17, 15) is 5.11 Å². The molecule has 2 nitrogen and oxygen atoms in total. The largest absolute Gasteiger partial charge is 0.390 e. The van der Waals surface area contributed by atoms with Crippen LogP contribution in [-0.4, -0.2) is 23.9 Å². The third-order valence-electron chi connectivity index (χ3n) is 2.94. The second-order valence-corrected chi connectivity index (χ2v) is 4.03. The van der Waals surface area contributed by atoms with Crippen molar-refractivity contribution >= 4 is 0 Å². The van der Waals surface area contributed by atoms with E-state index in [1.54, 1.807) is 0 Å². The number of hydrogen-bond acceptors (Lipinski definition) is 2. The molecule has 0 bridgehead atoms. The normalized spacial score (nSPS) is 34.8. The summed E-state index contributed by atoms with van der Waals surface area (Å²) in [5, 5.41) is 9.66. The first-order valence-corrected chi connectivity index (χ1v) is 5.57. The Balaban J connectivity index is 2.33. The van der Waals surface area contributed by atoms with Gasteiger partial charge in [-0.15, -0.1) is 0 Å². The summed E-state index contributed by atoms with van der Waals surface area (Å²) >= 11 is 0. The molecular formula is C11H22O2. The van der Waals surface area contributed by atoms with E-state index in [1.165, 1.54) is 19.3 Å². The van der Waals surface area contributed by atoms with Crippen molar-refractivity contribution in [2.24, 2.45) is 5.92 Å². The lowest BCUT2D eigenvalue weighted by Gasteiger charge is -2.32. The molecule has 1 aliphatic carbocycles. The Morgan fingerprint density at radius 2 is 2.08 bits per heavy atom. The van der Waals surface area contributed by atoms with Gasteiger partial charge in [0.1, 0.15) is 0 Å². The quantitative estimate of drug-likeness (QED) is 0.730. The number of aliphatic hydroxyl groups is 1. The molecule has 78 valence electrons. The van der Waals surface area contributed by atoms with Gasteiger partial charge in [0.15, 0.2) is 0 Å². The van der Waals surface area contributed by atoms with Crippen LogP contribution in [0.4, 0.5) is 0 Å². The minimum absolute atomic E-state index is 0.107. The predicted octanol–water partition coefficient (Wildman–Crippen LogP) is 2.35. The molecule has 1 N–H and O–H groups in total. The first-order valence-electron chi connectivity index (χ1n) is 5.57. The van der Waals surface area contributed by atoms with E-state index < -0.39 is 0 Å². The second kappa shape index (κ2) is 5.61. The Bertz CT molecular complexity index is 136. The molecule has 0 aromatic carbocycles. The molecule has 0 aromatic rings. The summed E-state index contributed by atoms with van der Waals surface area (Å²) in [4.78, 5) is 0. The van der Waals surface area contributed by atoms with Crippen LogP contribution < -0.4 is 0 Å². The molecule has 0 aromatic heterocycles. The fraction of sp³-hybridized carbons (Fsp3) is 1.00. The van der Waals surface area contributed by atoms with Gasteiger partial charge in [-0.2, -0.15) is 0 Å². The molecule has 0 radical (unpaired) electrons. The highest BCUT2D eigenvalue weighted by molar-refractivity contribution is 4.80. The van der Waals surface area contributed by atoms with Crippen LogP contribution in [0.15, 0.2) is 0 Å². The lowest BCUT2D eigenvalue weighted by atomic mass is 9.83. The molecular weight excluding hydrogens is 164 g/mol. The van der Waals surface area contributed by atoms with Crippen LogP contribution in [0.1, 0.15) is 46.0 Å². The highest BCUT2D eigenvalue weighted by atomic mass is 16.5. The molecule has 0 saturated heterocycles. The molecule has 0 aliphatic heterocycles. The minimum atomic E-state index is -0.215. The molecule has 13 heavy (non-hydrogen) atoms. The van der Waals surface area contributed by atoms with Crippen LogP contribution in [0, 0.1) is 5.92 Å². The van der Waals surface area contributed by atoms with Gasteiger partial charge < -0.3 is 9.84 Å². The highest BCUT2D eigenvalue weighted by Gasteiger charge is 2.28. The monoisotopic (exact) mass is 186 g/mol. The summed E-state index contributed by atoms with van der Waals surface area (Å²) in [6.45, 7) is 4.94. The summed E-state index contributed by atoms with van der Waals surface area (Å²) in [7, 11) is 0. The van der Waals surface area contributed by atoms with E-state index in [4.69, 9.17) is 4.74 Å². The lowest BCUT2D eigenvalue weighted by molar-refractivity contribution is -0.0681. The average Bonchev–Trinajstić information content (AvgIpc) is 2.12. The van der Waals surface area contributed by atoms with Crippen LogP contribution in [0.25, 0.3) is 0 Å². The van der Waals surface area contributed by atoms with Gasteiger partial charge in [-0.05, 0) is 32.1 Å². The van der Waals surface area contributed by atoms with Gasteiger partial charge in [0.25, 0.3) is 0 Å². The van der Waals surface area contributed by atoms with Gasteiger partial charge in [0, 0.05) is 6.61 Å². The number of ether oxygens (including phenoxy) is 1. The van der Waals surface area contributed by atoms with E-state index in [1.807, 2.05) is 6.92 Å². The lowest BCUT2D eigenvalue weighted by Crippen LogP contribution is -2.35. The Morgan fingerprint density at radius 3 is 2.69 bits per heavy atom. The third-order valence-corrected chi connectivity index (χ3v) is 2.94. The molecule has 1 saturated carbocycles. The van der Waals surface area contributed by atoms with Crippen molar-refractivity contribution in [3.05, 3.63) is 0 Å². The standard InChI is InChI=1S/C11H22O2/c1-3-5-9-6-7-10(12)11(8-9)13-4-2/h9-12H,3-8H2,1-2H3. The van der Waals surface area contributed by atoms with E-state index >= 15 is 0 Å². The van der Waals surface area contributed by atoms with Crippen LogP contribution >= 0.6 is 0 Å². The summed E-state index contributed by atoms with van der Waals surface area (Å²) < 4.78 is 5.52. The average molecular weight is 186 g/mol. The maximum absolute atomic E-state index is 9.66. The molecule has 1 aliphatic rings. The zero-order valence-corrected chi connectivity index (χ0v) is 8.83. The van der Waals surface area contributed by atoms with Crippen LogP contribution in [0.5, 0.6) is 0 Å². The maximum Gasteiger partial charge on any atom is 0.0836 e. The van der Waals surface area contributed by atoms with Gasteiger partial charge >= 0.3 is 0 Å². The van der Waals surface area contributed by atoms with E-state index in [0.717, 1.165) is 25.4 Å². The minimum Gasteiger partial charge on any atom is -0.390 e. The Morgan fingerprint density at radius 1 is 1.31 bits per heavy atom. The molecule has 1 fully saturated rings. The second-order valence-electron chi connectivity index (χ2n) is 4.03. The molecule has 3 unspecified atom stereocenters. The zero-order valence-electron chi connectivity index (χ0n) is 8.83. The number of aliphatic hydroxyl groups excluding tert-OH is 1. The van der Waals surface area contributed by atoms with Crippen molar-refractivity contribution in [1.82, 2.24) is 0 Å². The maximum atomic E-state index is 9.66. The fourth-order valence-corrected chi connectivity index (χ4v) is 2.26. The number of rotatable bonds is 4. The van der Waals surface area contributed by atoms with Gasteiger partial charge in [-0.1, -0.05) is 19.8 Å². The van der Waals surface area contributed by atoms with Gasteiger partial charge in [0.2, 0.25) is 0 Å². The molecule has 2 heteroatoms. The van der Waals surface area contributed by atoms with Crippen molar-refractivity contribution in [3.8, 4) is 0 Å². The summed E-state index contributed by atoms with van der Waals surface area (Å²) in [5.74, 6) is 0.782. The topological polar surface area (TPSA) is 29.5 Å². The highest BCUT2D eigenvalue weighted by Crippen LogP contribution is 2.29. The first kappa shape index (κ1) is 11.0. The number of hydrogen-bond donors (Lipinski definition) is 1. The third kappa shape index (κ3) is 3.28. The molecule has 0 amide bonds. The van der Waals surface area contributed by atoms with Crippen molar-refractivity contribution in [1.29, 1.82) is 0 Å². The van der Waals surface area contributed by atoms with Crippen LogP contribution in [0.2, 0.25) is 0 Å². The van der Waals surface area contributed by atoms with Gasteiger partial charge in [-0.25, -0.2) is 0 Å². The van der Waals surface area contributed by atoms with Crippen LogP contribution in [0.3, 0.4) is 0 Å². The summed E-state index contributed by atoms with van der Waals surface area (Å²) in [5.41, 5.74) is 0. The van der Waals surface area contributed by atoms with Gasteiger partial charge in [-0.3, -0.25) is 0 Å². The fourth-order valence-electron chi connectivity index (χ4n) is 2.26. The van der Waals surface area contributed by atoms with E-state index in [2.05, 4.69) is 6.92 Å². The Hall–Kier alpha value is -0.0800. The smallest absolute Gasteiger partial charge is 0.0836 e. The summed E-state index contributed by atoms with van der Waals surface area (Å²) in [6.07, 6.45) is 5.59. The predicted molar refractivity (Wildman–Crippen MR) is 53.7 cm³/mol. The summed E-state index contributed by atoms with van der Waals surface area (Å²) in [6, 6.07) is 0. The van der Waals surface area contributed by atoms with Crippen molar-refractivity contribution in [2.75, 3.05) is 6.61 Å². The molecule has 3 atom stereocenters. The Labute approximate surface area is 81.3 Å². The van der Waals surface area contributed by atoms with E-state index in [-0.39, 0.29) is 12.2 Å². The van der Waals surface area contributed by atoms with Crippen molar-refractivity contribution in [3.63, 3.8) is 0 Å². The van der Waals surface area contributed by atoms with Crippen LogP contribution in [-0.2, 0) is 4.74 Å². The zero-order chi connectivity index (χ0) is 9.68. The molecule has 0 heterocycles. The van der Waals surface area contributed by atoms with Gasteiger partial charge in [0.05, 0.1) is 12.2 Å². The molecule has 1 rings (SSSR count). The van der Waals surface area contributed by atoms with E-state index in [0.29, 0.717) is 0 Å². The Kier molecular flexibility index (Phi) is 4.74. The van der Waals surface area contributed by atoms with Crippen molar-refractivity contribution < 1.29 is 9.84 Å². The SMILES string of the molecule is CCCC1CCC(O)C(OCC)C1.